The van der Waals surface area contributed by atoms with Gasteiger partial charge in [0, 0.05) is 18.1 Å². The van der Waals surface area contributed by atoms with E-state index in [0.29, 0.717) is 17.6 Å². The molecule has 2 heteroatoms. The predicted octanol–water partition coefficient (Wildman–Crippen LogP) is 3.36. The first kappa shape index (κ1) is 13.4. The second-order valence-electron chi connectivity index (χ2n) is 6.26. The number of hydrogen-bond acceptors (Lipinski definition) is 2. The Morgan fingerprint density at radius 2 is 1.94 bits per heavy atom. The third-order valence-electron chi connectivity index (χ3n) is 5.35. The molecule has 0 aliphatic heterocycles. The first-order valence-corrected chi connectivity index (χ1v) is 7.49. The van der Waals surface area contributed by atoms with Gasteiger partial charge in [-0.25, -0.2) is 0 Å². The van der Waals surface area contributed by atoms with Crippen LogP contribution >= 0.6 is 0 Å². The molecule has 3 atom stereocenters. The van der Waals surface area contributed by atoms with E-state index < -0.39 is 0 Å². The Bertz CT molecular complexity index is 237. The Balaban J connectivity index is 1.76. The SMILES string of the molecule is CCC1(C)C(NC)CC1OCC1CCCCC1. The summed E-state index contributed by atoms with van der Waals surface area (Å²) in [7, 11) is 2.08. The van der Waals surface area contributed by atoms with Gasteiger partial charge in [0.1, 0.15) is 0 Å². The molecule has 2 aliphatic rings. The fourth-order valence-corrected chi connectivity index (χ4v) is 3.60. The van der Waals surface area contributed by atoms with Crippen molar-refractivity contribution in [2.24, 2.45) is 11.3 Å². The van der Waals surface area contributed by atoms with Crippen molar-refractivity contribution in [1.82, 2.24) is 5.32 Å². The summed E-state index contributed by atoms with van der Waals surface area (Å²) in [5.74, 6) is 0.846. The van der Waals surface area contributed by atoms with Crippen LogP contribution in [0.25, 0.3) is 0 Å². The van der Waals surface area contributed by atoms with E-state index >= 15 is 0 Å². The van der Waals surface area contributed by atoms with Crippen molar-refractivity contribution >= 4 is 0 Å². The molecule has 0 saturated heterocycles. The highest BCUT2D eigenvalue weighted by Crippen LogP contribution is 2.46. The van der Waals surface area contributed by atoms with E-state index in [4.69, 9.17) is 4.74 Å². The molecule has 0 radical (unpaired) electrons. The lowest BCUT2D eigenvalue weighted by Crippen LogP contribution is -2.61. The molecule has 17 heavy (non-hydrogen) atoms. The second-order valence-corrected chi connectivity index (χ2v) is 6.26. The quantitative estimate of drug-likeness (QED) is 0.794. The van der Waals surface area contributed by atoms with Gasteiger partial charge in [0.05, 0.1) is 6.10 Å². The van der Waals surface area contributed by atoms with Crippen LogP contribution in [0.15, 0.2) is 0 Å². The molecule has 0 spiro atoms. The zero-order chi connectivity index (χ0) is 12.3. The Morgan fingerprint density at radius 1 is 1.24 bits per heavy atom. The summed E-state index contributed by atoms with van der Waals surface area (Å²) in [5.41, 5.74) is 0.365. The highest BCUT2D eigenvalue weighted by molar-refractivity contribution is 5.04. The van der Waals surface area contributed by atoms with Crippen LogP contribution in [0.2, 0.25) is 0 Å². The summed E-state index contributed by atoms with van der Waals surface area (Å²) in [5, 5.41) is 3.43. The molecular formula is C15H29NO. The fourth-order valence-electron chi connectivity index (χ4n) is 3.60. The molecule has 0 amide bonds. The molecular weight excluding hydrogens is 210 g/mol. The van der Waals surface area contributed by atoms with Crippen LogP contribution in [0.4, 0.5) is 0 Å². The normalized spacial score (nSPS) is 39.0. The second kappa shape index (κ2) is 5.71. The molecule has 1 N–H and O–H groups in total. The maximum atomic E-state index is 6.22. The van der Waals surface area contributed by atoms with Gasteiger partial charge in [-0.15, -0.1) is 0 Å². The van der Waals surface area contributed by atoms with Crippen molar-refractivity contribution in [3.8, 4) is 0 Å². The third kappa shape index (κ3) is 2.68. The minimum absolute atomic E-state index is 0.365. The van der Waals surface area contributed by atoms with E-state index in [0.717, 1.165) is 12.5 Å². The topological polar surface area (TPSA) is 21.3 Å². The number of rotatable bonds is 5. The molecule has 2 aliphatic carbocycles. The lowest BCUT2D eigenvalue weighted by atomic mass is 9.61. The maximum Gasteiger partial charge on any atom is 0.0658 e. The van der Waals surface area contributed by atoms with Crippen LogP contribution in [0, 0.1) is 11.3 Å². The standard InChI is InChI=1S/C15H29NO/c1-4-15(2)13(16-3)10-14(15)17-11-12-8-6-5-7-9-12/h12-14,16H,4-11H2,1-3H3. The van der Waals surface area contributed by atoms with E-state index in [-0.39, 0.29) is 0 Å². The third-order valence-corrected chi connectivity index (χ3v) is 5.35. The van der Waals surface area contributed by atoms with E-state index in [1.165, 1.54) is 44.9 Å². The van der Waals surface area contributed by atoms with Gasteiger partial charge in [-0.1, -0.05) is 33.1 Å². The summed E-state index contributed by atoms with van der Waals surface area (Å²) in [6.07, 6.45) is 9.98. The van der Waals surface area contributed by atoms with Crippen molar-refractivity contribution in [2.75, 3.05) is 13.7 Å². The van der Waals surface area contributed by atoms with Crippen molar-refractivity contribution in [2.45, 2.75) is 70.9 Å². The Hall–Kier alpha value is -0.0800. The molecule has 0 aromatic heterocycles. The Labute approximate surface area is 107 Å². The molecule has 0 heterocycles. The molecule has 2 saturated carbocycles. The summed E-state index contributed by atoms with van der Waals surface area (Å²) in [4.78, 5) is 0. The van der Waals surface area contributed by atoms with Crippen molar-refractivity contribution in [3.63, 3.8) is 0 Å². The van der Waals surface area contributed by atoms with E-state index in [1.54, 1.807) is 0 Å². The average Bonchev–Trinajstić information content (AvgIpc) is 2.38. The van der Waals surface area contributed by atoms with Crippen molar-refractivity contribution in [1.29, 1.82) is 0 Å². The Morgan fingerprint density at radius 3 is 2.53 bits per heavy atom. The van der Waals surface area contributed by atoms with Crippen LogP contribution < -0.4 is 5.32 Å². The van der Waals surface area contributed by atoms with Gasteiger partial charge in [0.2, 0.25) is 0 Å². The first-order chi connectivity index (χ1) is 8.20. The minimum atomic E-state index is 0.365. The number of hydrogen-bond donors (Lipinski definition) is 1. The van der Waals surface area contributed by atoms with Gasteiger partial charge in [-0.05, 0) is 38.6 Å². The monoisotopic (exact) mass is 239 g/mol. The highest BCUT2D eigenvalue weighted by atomic mass is 16.5. The molecule has 0 aromatic carbocycles. The average molecular weight is 239 g/mol. The van der Waals surface area contributed by atoms with Gasteiger partial charge in [-0.2, -0.15) is 0 Å². The molecule has 0 aromatic rings. The van der Waals surface area contributed by atoms with Crippen LogP contribution in [0.1, 0.15) is 58.8 Å². The zero-order valence-electron chi connectivity index (χ0n) is 11.8. The highest BCUT2D eigenvalue weighted by Gasteiger charge is 2.50. The van der Waals surface area contributed by atoms with Gasteiger partial charge >= 0.3 is 0 Å². The van der Waals surface area contributed by atoms with Crippen molar-refractivity contribution < 1.29 is 4.74 Å². The lowest BCUT2D eigenvalue weighted by molar-refractivity contribution is -0.136. The van der Waals surface area contributed by atoms with Gasteiger partial charge in [0.25, 0.3) is 0 Å². The number of nitrogens with one attached hydrogen (secondary N) is 1. The summed E-state index contributed by atoms with van der Waals surface area (Å²) >= 11 is 0. The molecule has 2 fully saturated rings. The summed E-state index contributed by atoms with van der Waals surface area (Å²) < 4.78 is 6.22. The Kier molecular flexibility index (Phi) is 4.48. The van der Waals surface area contributed by atoms with E-state index in [2.05, 4.69) is 26.2 Å². The van der Waals surface area contributed by atoms with Crippen LogP contribution in [0.5, 0.6) is 0 Å². The maximum absolute atomic E-state index is 6.22. The van der Waals surface area contributed by atoms with Crippen LogP contribution in [-0.4, -0.2) is 25.8 Å². The molecule has 2 rings (SSSR count). The predicted molar refractivity (Wildman–Crippen MR) is 72.2 cm³/mol. The van der Waals surface area contributed by atoms with Crippen LogP contribution in [-0.2, 0) is 4.74 Å². The lowest BCUT2D eigenvalue weighted by Gasteiger charge is -2.53. The smallest absolute Gasteiger partial charge is 0.0658 e. The molecule has 100 valence electrons. The van der Waals surface area contributed by atoms with Gasteiger partial charge < -0.3 is 10.1 Å². The van der Waals surface area contributed by atoms with Crippen molar-refractivity contribution in [3.05, 3.63) is 0 Å². The fraction of sp³-hybridized carbons (Fsp3) is 1.00. The molecule has 0 bridgehead atoms. The van der Waals surface area contributed by atoms with Crippen LogP contribution in [0.3, 0.4) is 0 Å². The first-order valence-electron chi connectivity index (χ1n) is 7.49. The summed E-state index contributed by atoms with van der Waals surface area (Å²) in [6.45, 7) is 5.68. The van der Waals surface area contributed by atoms with E-state index in [1.807, 2.05) is 0 Å². The zero-order valence-corrected chi connectivity index (χ0v) is 11.8. The van der Waals surface area contributed by atoms with Gasteiger partial charge in [0.15, 0.2) is 0 Å². The minimum Gasteiger partial charge on any atom is -0.377 e. The van der Waals surface area contributed by atoms with Gasteiger partial charge in [-0.3, -0.25) is 0 Å². The van der Waals surface area contributed by atoms with E-state index in [9.17, 15) is 0 Å². The number of ether oxygens (including phenoxy) is 1. The molecule has 2 nitrogen and oxygen atoms in total. The largest absolute Gasteiger partial charge is 0.377 e. The molecule has 3 unspecified atom stereocenters. The summed E-state index contributed by atoms with van der Waals surface area (Å²) in [6, 6.07) is 0.656.